The molecule has 1 amide bonds. The monoisotopic (exact) mass is 335 g/mol. The van der Waals surface area contributed by atoms with Crippen molar-refractivity contribution in [2.45, 2.75) is 32.4 Å². The van der Waals surface area contributed by atoms with E-state index in [4.69, 9.17) is 0 Å². The van der Waals surface area contributed by atoms with E-state index in [1.54, 1.807) is 0 Å². The number of pyridine rings is 1. The molecule has 1 unspecified atom stereocenters. The first kappa shape index (κ1) is 16.3. The molecule has 0 N–H and O–H groups in total. The van der Waals surface area contributed by atoms with Crippen LogP contribution in [-0.4, -0.2) is 40.8 Å². The van der Waals surface area contributed by atoms with Crippen molar-refractivity contribution in [2.75, 3.05) is 20.1 Å². The number of likely N-dealkylation sites (tertiary alicyclic amines) is 2. The zero-order chi connectivity index (χ0) is 17.4. The highest BCUT2D eigenvalue weighted by Gasteiger charge is 2.59. The summed E-state index contributed by atoms with van der Waals surface area (Å²) in [6, 6.07) is 16.9. The lowest BCUT2D eigenvalue weighted by Crippen LogP contribution is -2.64. The highest BCUT2D eigenvalue weighted by Crippen LogP contribution is 2.55. The minimum atomic E-state index is -0.202. The number of carbonyl (C=O) groups excluding carboxylic acids is 1. The molecule has 2 fully saturated rings. The molecule has 2 saturated heterocycles. The van der Waals surface area contributed by atoms with Crippen LogP contribution in [0, 0.1) is 12.3 Å². The number of nitrogens with zero attached hydrogens (tertiary/aromatic N) is 3. The number of benzene rings is 1. The van der Waals surface area contributed by atoms with Gasteiger partial charge in [0.05, 0.1) is 17.2 Å². The molecule has 0 aliphatic carbocycles. The Morgan fingerprint density at radius 3 is 2.48 bits per heavy atom. The third-order valence-corrected chi connectivity index (χ3v) is 5.85. The van der Waals surface area contributed by atoms with Gasteiger partial charge in [-0.3, -0.25) is 14.7 Å². The van der Waals surface area contributed by atoms with Gasteiger partial charge in [0, 0.05) is 19.3 Å². The smallest absolute Gasteiger partial charge is 0.231 e. The van der Waals surface area contributed by atoms with E-state index in [-0.39, 0.29) is 11.5 Å². The first-order valence-electron chi connectivity index (χ1n) is 9.07. The lowest BCUT2D eigenvalue weighted by atomic mass is 9.62. The van der Waals surface area contributed by atoms with Crippen molar-refractivity contribution in [3.05, 3.63) is 65.5 Å². The predicted molar refractivity (Wildman–Crippen MR) is 97.9 cm³/mol. The standard InChI is InChI=1S/C21H25N3O/c1-16-7-6-10-18(22-16)15-24-13-11-21(12-14-24)19(23(2)20(21)25)17-8-4-3-5-9-17/h3-10,19H,11-15H2,1-2H3. The fraction of sp³-hybridized carbons (Fsp3) is 0.429. The Morgan fingerprint density at radius 1 is 1.08 bits per heavy atom. The lowest BCUT2D eigenvalue weighted by molar-refractivity contribution is -0.176. The molecule has 2 aliphatic rings. The van der Waals surface area contributed by atoms with Crippen LogP contribution in [0.3, 0.4) is 0 Å². The summed E-state index contributed by atoms with van der Waals surface area (Å²) in [4.78, 5) is 21.7. The third kappa shape index (κ3) is 2.74. The quantitative estimate of drug-likeness (QED) is 0.808. The van der Waals surface area contributed by atoms with Crippen LogP contribution in [0.1, 0.15) is 35.8 Å². The summed E-state index contributed by atoms with van der Waals surface area (Å²) in [6.07, 6.45) is 1.86. The molecule has 0 radical (unpaired) electrons. The molecule has 4 rings (SSSR count). The van der Waals surface area contributed by atoms with Crippen molar-refractivity contribution in [2.24, 2.45) is 5.41 Å². The van der Waals surface area contributed by atoms with Gasteiger partial charge in [0.2, 0.25) is 5.91 Å². The van der Waals surface area contributed by atoms with Crippen molar-refractivity contribution in [1.29, 1.82) is 0 Å². The number of aryl methyl sites for hydroxylation is 1. The Bertz CT molecular complexity index is 766. The Labute approximate surface area is 149 Å². The van der Waals surface area contributed by atoms with Gasteiger partial charge in [0.25, 0.3) is 0 Å². The van der Waals surface area contributed by atoms with Gasteiger partial charge in [-0.1, -0.05) is 36.4 Å². The molecule has 25 heavy (non-hydrogen) atoms. The zero-order valence-electron chi connectivity index (χ0n) is 15.0. The number of amides is 1. The number of hydrogen-bond acceptors (Lipinski definition) is 3. The second kappa shape index (κ2) is 6.26. The van der Waals surface area contributed by atoms with Crippen molar-refractivity contribution in [1.82, 2.24) is 14.8 Å². The molecule has 2 aromatic rings. The van der Waals surface area contributed by atoms with E-state index in [1.165, 1.54) is 5.56 Å². The summed E-state index contributed by atoms with van der Waals surface area (Å²) >= 11 is 0. The zero-order valence-corrected chi connectivity index (χ0v) is 15.0. The maximum atomic E-state index is 12.7. The van der Waals surface area contributed by atoms with Crippen LogP contribution >= 0.6 is 0 Å². The van der Waals surface area contributed by atoms with Gasteiger partial charge in [-0.25, -0.2) is 0 Å². The first-order valence-corrected chi connectivity index (χ1v) is 9.07. The molecular weight excluding hydrogens is 310 g/mol. The Kier molecular flexibility index (Phi) is 4.08. The Morgan fingerprint density at radius 2 is 1.80 bits per heavy atom. The molecular formula is C21H25N3O. The number of rotatable bonds is 3. The molecule has 1 aromatic carbocycles. The molecule has 130 valence electrons. The van der Waals surface area contributed by atoms with Crippen molar-refractivity contribution in [3.8, 4) is 0 Å². The van der Waals surface area contributed by atoms with Crippen molar-refractivity contribution < 1.29 is 4.79 Å². The maximum Gasteiger partial charge on any atom is 0.231 e. The lowest BCUT2D eigenvalue weighted by Gasteiger charge is -2.58. The normalized spacial score (nSPS) is 22.9. The fourth-order valence-electron chi connectivity index (χ4n) is 4.58. The molecule has 4 heteroatoms. The number of carbonyl (C=O) groups is 1. The van der Waals surface area contributed by atoms with Crippen LogP contribution in [0.4, 0.5) is 0 Å². The second-order valence-corrected chi connectivity index (χ2v) is 7.43. The van der Waals surface area contributed by atoms with Gasteiger partial charge in [-0.2, -0.15) is 0 Å². The van der Waals surface area contributed by atoms with E-state index < -0.39 is 0 Å². The van der Waals surface area contributed by atoms with Gasteiger partial charge in [0.1, 0.15) is 0 Å². The summed E-state index contributed by atoms with van der Waals surface area (Å²) in [5.74, 6) is 0.315. The summed E-state index contributed by atoms with van der Waals surface area (Å²) in [5, 5.41) is 0. The number of aromatic nitrogens is 1. The van der Waals surface area contributed by atoms with Crippen LogP contribution in [-0.2, 0) is 11.3 Å². The molecule has 1 atom stereocenters. The molecule has 2 aliphatic heterocycles. The van der Waals surface area contributed by atoms with Gasteiger partial charge in [-0.15, -0.1) is 0 Å². The summed E-state index contributed by atoms with van der Waals surface area (Å²) in [7, 11) is 1.94. The van der Waals surface area contributed by atoms with Crippen LogP contribution in [0.5, 0.6) is 0 Å². The third-order valence-electron chi connectivity index (χ3n) is 5.85. The number of piperidine rings is 1. The molecule has 3 heterocycles. The van der Waals surface area contributed by atoms with E-state index in [0.717, 1.165) is 43.9 Å². The van der Waals surface area contributed by atoms with Crippen LogP contribution in [0.15, 0.2) is 48.5 Å². The minimum Gasteiger partial charge on any atom is -0.337 e. The van der Waals surface area contributed by atoms with E-state index in [1.807, 2.05) is 31.0 Å². The minimum absolute atomic E-state index is 0.202. The molecule has 0 bridgehead atoms. The maximum absolute atomic E-state index is 12.7. The van der Waals surface area contributed by atoms with Crippen LogP contribution in [0.2, 0.25) is 0 Å². The average Bonchev–Trinajstić information content (AvgIpc) is 2.64. The highest BCUT2D eigenvalue weighted by atomic mass is 16.2. The molecule has 1 spiro atoms. The van der Waals surface area contributed by atoms with Crippen LogP contribution < -0.4 is 0 Å². The average molecular weight is 335 g/mol. The largest absolute Gasteiger partial charge is 0.337 e. The number of β-lactam (4-membered cyclic amide) rings is 1. The topological polar surface area (TPSA) is 36.4 Å². The number of hydrogen-bond donors (Lipinski definition) is 0. The van der Waals surface area contributed by atoms with Gasteiger partial charge < -0.3 is 4.90 Å². The van der Waals surface area contributed by atoms with Gasteiger partial charge >= 0.3 is 0 Å². The molecule has 1 aromatic heterocycles. The van der Waals surface area contributed by atoms with E-state index in [9.17, 15) is 4.79 Å². The van der Waals surface area contributed by atoms with Crippen LogP contribution in [0.25, 0.3) is 0 Å². The van der Waals surface area contributed by atoms with Crippen molar-refractivity contribution in [3.63, 3.8) is 0 Å². The Balaban J connectivity index is 1.47. The van der Waals surface area contributed by atoms with Gasteiger partial charge in [0.15, 0.2) is 0 Å². The molecule has 4 nitrogen and oxygen atoms in total. The first-order chi connectivity index (χ1) is 12.1. The van der Waals surface area contributed by atoms with E-state index >= 15 is 0 Å². The Hall–Kier alpha value is -2.20. The fourth-order valence-corrected chi connectivity index (χ4v) is 4.58. The van der Waals surface area contributed by atoms with E-state index in [2.05, 4.69) is 46.3 Å². The van der Waals surface area contributed by atoms with E-state index in [0.29, 0.717) is 5.91 Å². The summed E-state index contributed by atoms with van der Waals surface area (Å²) < 4.78 is 0. The predicted octanol–water partition coefficient (Wildman–Crippen LogP) is 3.19. The second-order valence-electron chi connectivity index (χ2n) is 7.43. The highest BCUT2D eigenvalue weighted by molar-refractivity contribution is 5.90. The SMILES string of the molecule is Cc1cccc(CN2CCC3(CC2)C(=O)N(C)C3c2ccccc2)n1. The molecule has 0 saturated carbocycles. The van der Waals surface area contributed by atoms with Gasteiger partial charge in [-0.05, 0) is 50.6 Å². The summed E-state index contributed by atoms with van der Waals surface area (Å²) in [5.41, 5.74) is 3.24. The van der Waals surface area contributed by atoms with Crippen molar-refractivity contribution >= 4 is 5.91 Å². The summed E-state index contributed by atoms with van der Waals surface area (Å²) in [6.45, 7) is 4.82.